The second-order valence-corrected chi connectivity index (χ2v) is 4.55. The van der Waals surface area contributed by atoms with Gasteiger partial charge in [-0.1, -0.05) is 36.4 Å². The summed E-state index contributed by atoms with van der Waals surface area (Å²) in [6.07, 6.45) is 0. The van der Waals surface area contributed by atoms with E-state index in [2.05, 4.69) is 58.5 Å². The molecule has 1 aliphatic rings. The van der Waals surface area contributed by atoms with Gasteiger partial charge in [-0.2, -0.15) is 0 Å². The number of anilines is 2. The molecule has 2 aromatic carbocycles. The summed E-state index contributed by atoms with van der Waals surface area (Å²) in [5.74, 6) is 0. The molecule has 19 heavy (non-hydrogen) atoms. The van der Waals surface area contributed by atoms with Gasteiger partial charge in [0.1, 0.15) is 0 Å². The Labute approximate surface area is 114 Å². The highest BCUT2D eigenvalue weighted by atomic mass is 16.5. The van der Waals surface area contributed by atoms with E-state index in [0.29, 0.717) is 0 Å². The number of rotatable bonds is 3. The number of hydrazine groups is 1. The molecular formula is C16H18N2O. The van der Waals surface area contributed by atoms with Crippen LogP contribution >= 0.6 is 0 Å². The first-order valence-electron chi connectivity index (χ1n) is 6.68. The molecular weight excluding hydrogens is 236 g/mol. The fourth-order valence-corrected chi connectivity index (χ4v) is 2.37. The third-order valence-corrected chi connectivity index (χ3v) is 3.27. The van der Waals surface area contributed by atoms with Crippen molar-refractivity contribution < 1.29 is 4.74 Å². The number of ether oxygens (including phenoxy) is 1. The number of morpholine rings is 1. The minimum atomic E-state index is 0.788. The summed E-state index contributed by atoms with van der Waals surface area (Å²) in [5.41, 5.74) is 2.38. The second-order valence-electron chi connectivity index (χ2n) is 4.55. The maximum Gasteiger partial charge on any atom is 0.0612 e. The molecule has 98 valence electrons. The lowest BCUT2D eigenvalue weighted by atomic mass is 10.2. The molecule has 0 radical (unpaired) electrons. The Bertz CT molecular complexity index is 455. The van der Waals surface area contributed by atoms with E-state index in [-0.39, 0.29) is 0 Å². The molecule has 0 aromatic heterocycles. The topological polar surface area (TPSA) is 15.7 Å². The van der Waals surface area contributed by atoms with E-state index in [0.717, 1.165) is 26.3 Å². The van der Waals surface area contributed by atoms with Crippen molar-refractivity contribution in [3.8, 4) is 0 Å². The lowest BCUT2D eigenvalue weighted by Gasteiger charge is -2.38. The number of benzene rings is 2. The van der Waals surface area contributed by atoms with Crippen LogP contribution in [0.5, 0.6) is 0 Å². The number of hydrogen-bond acceptors (Lipinski definition) is 3. The van der Waals surface area contributed by atoms with Crippen molar-refractivity contribution >= 4 is 11.4 Å². The average Bonchev–Trinajstić information content (AvgIpc) is 2.51. The van der Waals surface area contributed by atoms with E-state index in [9.17, 15) is 0 Å². The lowest BCUT2D eigenvalue weighted by Crippen LogP contribution is -2.46. The Balaban J connectivity index is 1.96. The molecule has 1 fully saturated rings. The zero-order chi connectivity index (χ0) is 12.9. The summed E-state index contributed by atoms with van der Waals surface area (Å²) < 4.78 is 5.45. The Morgan fingerprint density at radius 3 is 1.68 bits per heavy atom. The Kier molecular flexibility index (Phi) is 3.77. The molecule has 0 atom stereocenters. The van der Waals surface area contributed by atoms with Gasteiger partial charge in [-0.3, -0.25) is 5.01 Å². The van der Waals surface area contributed by atoms with Crippen molar-refractivity contribution in [2.75, 3.05) is 31.3 Å². The molecule has 3 nitrogen and oxygen atoms in total. The second kappa shape index (κ2) is 5.87. The van der Waals surface area contributed by atoms with Crippen LogP contribution in [-0.2, 0) is 4.74 Å². The number of nitrogens with zero attached hydrogens (tertiary/aromatic N) is 2. The van der Waals surface area contributed by atoms with E-state index < -0.39 is 0 Å². The van der Waals surface area contributed by atoms with Crippen LogP contribution in [0.25, 0.3) is 0 Å². The van der Waals surface area contributed by atoms with Crippen molar-refractivity contribution in [3.63, 3.8) is 0 Å². The van der Waals surface area contributed by atoms with Crippen molar-refractivity contribution in [1.82, 2.24) is 5.01 Å². The van der Waals surface area contributed by atoms with Gasteiger partial charge in [0.05, 0.1) is 24.6 Å². The standard InChI is InChI=1S/C16H18N2O/c1-3-7-15(8-4-1)18(16-9-5-2-6-10-16)17-11-13-19-14-12-17/h1-10H,11-14H2. The van der Waals surface area contributed by atoms with Crippen molar-refractivity contribution in [2.24, 2.45) is 0 Å². The molecule has 0 spiro atoms. The van der Waals surface area contributed by atoms with Gasteiger partial charge in [0.15, 0.2) is 0 Å². The van der Waals surface area contributed by atoms with Crippen LogP contribution in [0.2, 0.25) is 0 Å². The maximum atomic E-state index is 5.45. The molecule has 0 N–H and O–H groups in total. The quantitative estimate of drug-likeness (QED) is 0.837. The third-order valence-electron chi connectivity index (χ3n) is 3.27. The molecule has 0 bridgehead atoms. The normalized spacial score (nSPS) is 16.2. The van der Waals surface area contributed by atoms with Crippen molar-refractivity contribution in [1.29, 1.82) is 0 Å². The average molecular weight is 254 g/mol. The van der Waals surface area contributed by atoms with E-state index >= 15 is 0 Å². The predicted molar refractivity (Wildman–Crippen MR) is 77.4 cm³/mol. The highest BCUT2D eigenvalue weighted by molar-refractivity contribution is 5.61. The Hall–Kier alpha value is -1.84. The molecule has 1 saturated heterocycles. The van der Waals surface area contributed by atoms with E-state index in [1.807, 2.05) is 12.1 Å². The minimum Gasteiger partial charge on any atom is -0.379 e. The predicted octanol–water partition coefficient (Wildman–Crippen LogP) is 3.07. The summed E-state index contributed by atoms with van der Waals surface area (Å²) in [4.78, 5) is 0. The number of hydrogen-bond donors (Lipinski definition) is 0. The van der Waals surface area contributed by atoms with Gasteiger partial charge in [0.25, 0.3) is 0 Å². The molecule has 0 amide bonds. The van der Waals surface area contributed by atoms with Gasteiger partial charge in [0.2, 0.25) is 0 Å². The van der Waals surface area contributed by atoms with Crippen LogP contribution in [0.3, 0.4) is 0 Å². The maximum absolute atomic E-state index is 5.45. The molecule has 0 unspecified atom stereocenters. The number of para-hydroxylation sites is 2. The summed E-state index contributed by atoms with van der Waals surface area (Å²) in [7, 11) is 0. The van der Waals surface area contributed by atoms with Crippen LogP contribution in [0, 0.1) is 0 Å². The molecule has 2 aromatic rings. The molecule has 3 rings (SSSR count). The molecule has 0 saturated carbocycles. The van der Waals surface area contributed by atoms with Crippen LogP contribution in [0.15, 0.2) is 60.7 Å². The van der Waals surface area contributed by atoms with Crippen LogP contribution in [0.1, 0.15) is 0 Å². The zero-order valence-electron chi connectivity index (χ0n) is 10.9. The minimum absolute atomic E-state index is 0.788. The molecule has 1 aliphatic heterocycles. The fraction of sp³-hybridized carbons (Fsp3) is 0.250. The fourth-order valence-electron chi connectivity index (χ4n) is 2.37. The van der Waals surface area contributed by atoms with E-state index in [4.69, 9.17) is 4.74 Å². The third kappa shape index (κ3) is 2.78. The van der Waals surface area contributed by atoms with Gasteiger partial charge in [-0.15, -0.1) is 0 Å². The van der Waals surface area contributed by atoms with Crippen LogP contribution in [0.4, 0.5) is 11.4 Å². The first kappa shape index (κ1) is 12.2. The van der Waals surface area contributed by atoms with Gasteiger partial charge < -0.3 is 4.74 Å². The summed E-state index contributed by atoms with van der Waals surface area (Å²) in [5, 5.41) is 4.62. The molecule has 1 heterocycles. The summed E-state index contributed by atoms with van der Waals surface area (Å²) in [6, 6.07) is 21.0. The van der Waals surface area contributed by atoms with Gasteiger partial charge in [-0.05, 0) is 24.3 Å². The SMILES string of the molecule is c1ccc(N(c2ccccc2)N2CCOCC2)cc1. The van der Waals surface area contributed by atoms with E-state index in [1.165, 1.54) is 11.4 Å². The van der Waals surface area contributed by atoms with Crippen LogP contribution < -0.4 is 5.01 Å². The van der Waals surface area contributed by atoms with Crippen LogP contribution in [-0.4, -0.2) is 31.3 Å². The summed E-state index contributed by atoms with van der Waals surface area (Å²) >= 11 is 0. The highest BCUT2D eigenvalue weighted by Crippen LogP contribution is 2.27. The van der Waals surface area contributed by atoms with Crippen molar-refractivity contribution in [3.05, 3.63) is 60.7 Å². The largest absolute Gasteiger partial charge is 0.379 e. The van der Waals surface area contributed by atoms with Gasteiger partial charge >= 0.3 is 0 Å². The van der Waals surface area contributed by atoms with Crippen molar-refractivity contribution in [2.45, 2.75) is 0 Å². The Morgan fingerprint density at radius 1 is 0.737 bits per heavy atom. The van der Waals surface area contributed by atoms with E-state index in [1.54, 1.807) is 0 Å². The van der Waals surface area contributed by atoms with Gasteiger partial charge in [-0.25, -0.2) is 5.01 Å². The summed E-state index contributed by atoms with van der Waals surface area (Å²) in [6.45, 7) is 3.42. The lowest BCUT2D eigenvalue weighted by molar-refractivity contribution is 0.0378. The monoisotopic (exact) mass is 254 g/mol. The molecule has 3 heteroatoms. The Morgan fingerprint density at radius 2 is 1.21 bits per heavy atom. The smallest absolute Gasteiger partial charge is 0.0612 e. The zero-order valence-corrected chi connectivity index (χ0v) is 10.9. The van der Waals surface area contributed by atoms with Gasteiger partial charge in [0, 0.05) is 13.1 Å². The molecule has 0 aliphatic carbocycles. The first-order chi connectivity index (χ1) is 9.45. The highest BCUT2D eigenvalue weighted by Gasteiger charge is 2.20. The first-order valence-corrected chi connectivity index (χ1v) is 6.68.